The van der Waals surface area contributed by atoms with Crippen LogP contribution in [-0.2, 0) is 14.3 Å². The SMILES string of the molecule is O=C(O)/C=C\C(=O)OC1=C2NC(c3ccccc32)c2ccccc21. The predicted octanol–water partition coefficient (Wildman–Crippen LogP) is 2.70. The Balaban J connectivity index is 1.83. The van der Waals surface area contributed by atoms with Crippen LogP contribution in [0.3, 0.4) is 0 Å². The van der Waals surface area contributed by atoms with Crippen LogP contribution in [0.5, 0.6) is 0 Å². The van der Waals surface area contributed by atoms with Crippen molar-refractivity contribution in [3.8, 4) is 0 Å². The molecule has 1 atom stereocenters. The number of esters is 1. The highest BCUT2D eigenvalue weighted by Gasteiger charge is 2.37. The zero-order valence-electron chi connectivity index (χ0n) is 12.5. The molecule has 1 unspecified atom stereocenters. The van der Waals surface area contributed by atoms with Gasteiger partial charge in [0.25, 0.3) is 0 Å². The van der Waals surface area contributed by atoms with E-state index in [2.05, 4.69) is 5.32 Å². The molecule has 2 aliphatic heterocycles. The van der Waals surface area contributed by atoms with Gasteiger partial charge in [0.2, 0.25) is 0 Å². The van der Waals surface area contributed by atoms with E-state index in [0.29, 0.717) is 5.76 Å². The first kappa shape index (κ1) is 14.3. The standard InChI is InChI=1S/C19H13NO4/c21-15(22)9-10-16(23)24-19-14-8-4-3-7-13(14)17-11-5-1-2-6-12(11)18(19)20-17/h1-10,17,20H,(H,21,22)/b10-9-. The predicted molar refractivity (Wildman–Crippen MR) is 87.5 cm³/mol. The van der Waals surface area contributed by atoms with E-state index in [9.17, 15) is 9.59 Å². The highest BCUT2D eigenvalue weighted by Crippen LogP contribution is 2.46. The van der Waals surface area contributed by atoms with Crippen LogP contribution < -0.4 is 5.32 Å². The van der Waals surface area contributed by atoms with Gasteiger partial charge >= 0.3 is 11.9 Å². The average molecular weight is 319 g/mol. The smallest absolute Gasteiger partial charge is 0.336 e. The number of hydrogen-bond acceptors (Lipinski definition) is 4. The molecule has 2 aliphatic rings. The number of carbonyl (C=O) groups excluding carboxylic acids is 1. The fourth-order valence-electron chi connectivity index (χ4n) is 3.18. The maximum atomic E-state index is 12.0. The van der Waals surface area contributed by atoms with Gasteiger partial charge in [-0.3, -0.25) is 0 Å². The van der Waals surface area contributed by atoms with Crippen LogP contribution in [0.1, 0.15) is 28.3 Å². The molecule has 0 fully saturated rings. The molecule has 0 saturated carbocycles. The number of carbonyl (C=O) groups is 2. The monoisotopic (exact) mass is 319 g/mol. The summed E-state index contributed by atoms with van der Waals surface area (Å²) in [6.07, 6.45) is 1.67. The third-order valence-electron chi connectivity index (χ3n) is 4.14. The molecule has 0 aliphatic carbocycles. The quantitative estimate of drug-likeness (QED) is 0.672. The Bertz CT molecular complexity index is 926. The van der Waals surface area contributed by atoms with Gasteiger partial charge in [0, 0.05) is 23.3 Å². The Morgan fingerprint density at radius 1 is 0.958 bits per heavy atom. The van der Waals surface area contributed by atoms with Crippen molar-refractivity contribution in [3.05, 3.63) is 82.9 Å². The molecule has 2 N–H and O–H groups in total. The number of carboxylic acids is 1. The molecule has 2 aromatic carbocycles. The van der Waals surface area contributed by atoms with Gasteiger partial charge in [0.1, 0.15) is 0 Å². The van der Waals surface area contributed by atoms with Crippen molar-refractivity contribution in [2.45, 2.75) is 6.04 Å². The Morgan fingerprint density at radius 2 is 1.58 bits per heavy atom. The molecule has 5 heteroatoms. The summed E-state index contributed by atoms with van der Waals surface area (Å²) in [5.41, 5.74) is 4.74. The summed E-state index contributed by atoms with van der Waals surface area (Å²) < 4.78 is 5.48. The molecule has 0 amide bonds. The molecule has 0 spiro atoms. The number of ether oxygens (including phenoxy) is 1. The van der Waals surface area contributed by atoms with Crippen LogP contribution in [0.15, 0.2) is 60.7 Å². The fraction of sp³-hybridized carbons (Fsp3) is 0.0526. The van der Waals surface area contributed by atoms with Gasteiger partial charge in [-0.2, -0.15) is 0 Å². The maximum Gasteiger partial charge on any atom is 0.336 e. The zero-order chi connectivity index (χ0) is 16.7. The lowest BCUT2D eigenvalue weighted by Crippen LogP contribution is -2.21. The third kappa shape index (κ3) is 2.18. The summed E-state index contributed by atoms with van der Waals surface area (Å²) in [6, 6.07) is 15.7. The Hall–Kier alpha value is -3.34. The normalized spacial score (nSPS) is 17.2. The van der Waals surface area contributed by atoms with Gasteiger partial charge in [-0.05, 0) is 11.1 Å². The highest BCUT2D eigenvalue weighted by molar-refractivity contribution is 6.00. The van der Waals surface area contributed by atoms with Crippen molar-refractivity contribution in [3.63, 3.8) is 0 Å². The molecule has 24 heavy (non-hydrogen) atoms. The van der Waals surface area contributed by atoms with Crippen LogP contribution in [0.25, 0.3) is 11.5 Å². The minimum atomic E-state index is -1.20. The minimum Gasteiger partial charge on any atom is -0.478 e. The minimum absolute atomic E-state index is 0.0319. The van der Waals surface area contributed by atoms with E-state index in [1.54, 1.807) is 0 Å². The number of hydrogen-bond donors (Lipinski definition) is 2. The third-order valence-corrected chi connectivity index (χ3v) is 4.14. The highest BCUT2D eigenvalue weighted by atomic mass is 16.5. The lowest BCUT2D eigenvalue weighted by Gasteiger charge is -2.24. The van der Waals surface area contributed by atoms with E-state index in [0.717, 1.165) is 40.1 Å². The van der Waals surface area contributed by atoms with Crippen LogP contribution in [-0.4, -0.2) is 17.0 Å². The number of carboxylic acid groups (broad SMARTS) is 1. The second-order valence-corrected chi connectivity index (χ2v) is 5.55. The van der Waals surface area contributed by atoms with Crippen molar-refractivity contribution < 1.29 is 19.4 Å². The molecule has 2 heterocycles. The van der Waals surface area contributed by atoms with Gasteiger partial charge in [-0.1, -0.05) is 48.5 Å². The van der Waals surface area contributed by atoms with Crippen LogP contribution in [0.2, 0.25) is 0 Å². The van der Waals surface area contributed by atoms with Crippen molar-refractivity contribution >= 4 is 23.4 Å². The van der Waals surface area contributed by atoms with Gasteiger partial charge in [0.05, 0.1) is 11.7 Å². The van der Waals surface area contributed by atoms with Crippen molar-refractivity contribution in [1.29, 1.82) is 0 Å². The molecule has 0 radical (unpaired) electrons. The maximum absolute atomic E-state index is 12.0. The topological polar surface area (TPSA) is 75.6 Å². The van der Waals surface area contributed by atoms with Gasteiger partial charge in [-0.25, -0.2) is 9.59 Å². The molecular formula is C19H13NO4. The lowest BCUT2D eigenvalue weighted by atomic mass is 9.95. The van der Waals surface area contributed by atoms with E-state index in [1.165, 1.54) is 0 Å². The van der Waals surface area contributed by atoms with E-state index >= 15 is 0 Å². The number of fused-ring (bicyclic) bond motifs is 7. The van der Waals surface area contributed by atoms with Crippen LogP contribution in [0, 0.1) is 0 Å². The number of aliphatic carboxylic acids is 1. The first-order valence-corrected chi connectivity index (χ1v) is 7.47. The van der Waals surface area contributed by atoms with E-state index in [4.69, 9.17) is 9.84 Å². The van der Waals surface area contributed by atoms with E-state index in [-0.39, 0.29) is 6.04 Å². The summed E-state index contributed by atoms with van der Waals surface area (Å²) in [4.78, 5) is 22.5. The summed E-state index contributed by atoms with van der Waals surface area (Å²) >= 11 is 0. The summed E-state index contributed by atoms with van der Waals surface area (Å²) in [5.74, 6) is -1.50. The van der Waals surface area contributed by atoms with E-state index < -0.39 is 11.9 Å². The Kier molecular flexibility index (Phi) is 3.20. The lowest BCUT2D eigenvalue weighted by molar-refractivity contribution is -0.134. The second-order valence-electron chi connectivity index (χ2n) is 5.55. The van der Waals surface area contributed by atoms with Gasteiger partial charge < -0.3 is 15.2 Å². The Labute approximate surface area is 137 Å². The molecule has 5 nitrogen and oxygen atoms in total. The summed E-state index contributed by atoms with van der Waals surface area (Å²) in [5, 5.41) is 12.0. The van der Waals surface area contributed by atoms with E-state index in [1.807, 2.05) is 48.5 Å². The molecule has 2 bridgehead atoms. The number of rotatable bonds is 3. The molecule has 0 saturated heterocycles. The largest absolute Gasteiger partial charge is 0.478 e. The number of benzene rings is 2. The summed E-state index contributed by atoms with van der Waals surface area (Å²) in [6.45, 7) is 0. The molecule has 118 valence electrons. The zero-order valence-corrected chi connectivity index (χ0v) is 12.5. The summed E-state index contributed by atoms with van der Waals surface area (Å²) in [7, 11) is 0. The Morgan fingerprint density at radius 3 is 2.29 bits per heavy atom. The van der Waals surface area contributed by atoms with Crippen LogP contribution in [0.4, 0.5) is 0 Å². The van der Waals surface area contributed by atoms with Crippen LogP contribution >= 0.6 is 0 Å². The van der Waals surface area contributed by atoms with Gasteiger partial charge in [-0.15, -0.1) is 0 Å². The van der Waals surface area contributed by atoms with Crippen molar-refractivity contribution in [2.24, 2.45) is 0 Å². The van der Waals surface area contributed by atoms with Crippen molar-refractivity contribution in [1.82, 2.24) is 5.32 Å². The first-order chi connectivity index (χ1) is 11.6. The second kappa shape index (κ2) is 5.38. The molecule has 0 aromatic heterocycles. The molecule has 4 rings (SSSR count). The average Bonchev–Trinajstić information content (AvgIpc) is 2.93. The first-order valence-electron chi connectivity index (χ1n) is 7.47. The molecular weight excluding hydrogens is 306 g/mol. The number of nitrogens with one attached hydrogen (secondary N) is 1. The molecule has 2 aromatic rings. The fourth-order valence-corrected chi connectivity index (χ4v) is 3.18. The van der Waals surface area contributed by atoms with Crippen molar-refractivity contribution in [2.75, 3.05) is 0 Å². The van der Waals surface area contributed by atoms with Gasteiger partial charge in [0.15, 0.2) is 5.76 Å².